The number of ether oxygens (including phenoxy) is 3. The van der Waals surface area contributed by atoms with Gasteiger partial charge in [0, 0.05) is 30.1 Å². The number of anilines is 1. The molecule has 2 aromatic heterocycles. The molecule has 262 valence electrons. The van der Waals surface area contributed by atoms with Crippen LogP contribution in [0.4, 0.5) is 32.0 Å². The van der Waals surface area contributed by atoms with E-state index in [1.165, 1.54) is 0 Å². The Morgan fingerprint density at radius 1 is 0.980 bits per heavy atom. The van der Waals surface area contributed by atoms with Crippen LogP contribution in [0, 0.1) is 5.92 Å². The topological polar surface area (TPSA) is 173 Å². The second-order valence-corrected chi connectivity index (χ2v) is 9.90. The van der Waals surface area contributed by atoms with Gasteiger partial charge in [-0.05, 0) is 60.0 Å². The van der Waals surface area contributed by atoms with Crippen molar-refractivity contribution in [1.82, 2.24) is 15.2 Å². The number of benzene rings is 2. The molecule has 4 aromatic rings. The maximum Gasteiger partial charge on any atom is 0.490 e. The molecule has 1 atom stereocenters. The molecule has 4 N–H and O–H groups in total. The van der Waals surface area contributed by atoms with E-state index in [1.54, 1.807) is 19.5 Å². The van der Waals surface area contributed by atoms with Gasteiger partial charge in [0.2, 0.25) is 5.91 Å². The quantitative estimate of drug-likeness (QED) is 0.171. The van der Waals surface area contributed by atoms with Gasteiger partial charge in [-0.2, -0.15) is 31.4 Å². The number of pyridine rings is 1. The lowest BCUT2D eigenvalue weighted by molar-refractivity contribution is -0.193. The highest BCUT2D eigenvalue weighted by molar-refractivity contribution is 5.95. The zero-order valence-corrected chi connectivity index (χ0v) is 25.3. The summed E-state index contributed by atoms with van der Waals surface area (Å²) in [4.78, 5) is 35.3. The van der Waals surface area contributed by atoms with E-state index >= 15 is 0 Å². The number of nitrogens with one attached hydrogen (secondary N) is 2. The Hall–Kier alpha value is -5.81. The van der Waals surface area contributed by atoms with Crippen LogP contribution in [0.2, 0.25) is 0 Å². The summed E-state index contributed by atoms with van der Waals surface area (Å²) >= 11 is 0. The minimum Gasteiger partial charge on any atom is -0.497 e. The number of rotatable bonds is 8. The molecule has 1 amide bonds. The highest BCUT2D eigenvalue weighted by atomic mass is 19.4. The third-order valence-corrected chi connectivity index (χ3v) is 6.44. The Morgan fingerprint density at radius 2 is 1.67 bits per heavy atom. The molecule has 3 heterocycles. The predicted octanol–water partition coefficient (Wildman–Crippen LogP) is 5.56. The standard InChI is InChI=1S/C27H26N4O4.2C2HF3O2/c1-33-23-6-8-25-19(13-23)12-20(17-35-25)27(32)31-24-7-5-18(21-15-29-30-16-21)14-26(24)34-11-9-22-4-2-3-10-28-22;2*3-2(4,5)1(6)7/h2-8,10,13-16,20H,9,11-12,17H2,1H3,(H,29,30)(H,31,32);2*(H,6,7). The minimum atomic E-state index is -5.08. The van der Waals surface area contributed by atoms with Crippen LogP contribution in [0.1, 0.15) is 11.3 Å². The molecule has 1 aliphatic heterocycles. The number of nitrogens with zero attached hydrogens (tertiary/aromatic N) is 2. The molecule has 1 aliphatic rings. The lowest BCUT2D eigenvalue weighted by atomic mass is 9.95. The van der Waals surface area contributed by atoms with Crippen LogP contribution >= 0.6 is 0 Å². The number of carboxylic acids is 2. The molecular weight excluding hydrogens is 670 g/mol. The molecule has 49 heavy (non-hydrogen) atoms. The number of H-pyrrole nitrogens is 1. The van der Waals surface area contributed by atoms with E-state index < -0.39 is 24.3 Å². The number of fused-ring (bicyclic) bond motifs is 1. The number of methoxy groups -OCH3 is 1. The van der Waals surface area contributed by atoms with Crippen LogP contribution < -0.4 is 19.5 Å². The SMILES string of the molecule is COc1ccc2c(c1)CC(C(=O)Nc1ccc(-c3cn[nH]c3)cc1OCCc1ccccn1)CO2.O=C(O)C(F)(F)F.O=C(O)C(F)(F)F. The molecule has 0 bridgehead atoms. The van der Waals surface area contributed by atoms with Crippen molar-refractivity contribution >= 4 is 23.5 Å². The molecule has 0 saturated heterocycles. The normalized spacial score (nSPS) is 13.6. The van der Waals surface area contributed by atoms with E-state index in [-0.39, 0.29) is 11.8 Å². The average molecular weight is 699 g/mol. The van der Waals surface area contributed by atoms with Crippen molar-refractivity contribution in [3.63, 3.8) is 0 Å². The van der Waals surface area contributed by atoms with Crippen LogP contribution in [0.15, 0.2) is 73.2 Å². The summed E-state index contributed by atoms with van der Waals surface area (Å²) in [7, 11) is 1.62. The lowest BCUT2D eigenvalue weighted by Crippen LogP contribution is -2.32. The van der Waals surface area contributed by atoms with Gasteiger partial charge in [-0.15, -0.1) is 0 Å². The zero-order valence-electron chi connectivity index (χ0n) is 25.3. The van der Waals surface area contributed by atoms with Crippen LogP contribution in [-0.2, 0) is 27.2 Å². The molecule has 0 radical (unpaired) electrons. The van der Waals surface area contributed by atoms with E-state index in [9.17, 15) is 31.1 Å². The summed E-state index contributed by atoms with van der Waals surface area (Å²) in [6, 6.07) is 17.2. The van der Waals surface area contributed by atoms with Gasteiger partial charge in [0.1, 0.15) is 23.9 Å². The summed E-state index contributed by atoms with van der Waals surface area (Å²) in [5.41, 5.74) is 4.38. The second kappa shape index (κ2) is 16.8. The molecule has 0 fully saturated rings. The van der Waals surface area contributed by atoms with Gasteiger partial charge in [-0.3, -0.25) is 14.9 Å². The Balaban J connectivity index is 0.000000392. The number of carboxylic acid groups (broad SMARTS) is 2. The van der Waals surface area contributed by atoms with Crippen LogP contribution in [-0.4, -0.2) is 75.9 Å². The fraction of sp³-hybridized carbons (Fsp3) is 0.258. The fourth-order valence-corrected chi connectivity index (χ4v) is 4.05. The van der Waals surface area contributed by atoms with Gasteiger partial charge in [-0.1, -0.05) is 12.1 Å². The highest BCUT2D eigenvalue weighted by Crippen LogP contribution is 2.34. The third kappa shape index (κ3) is 11.7. The molecular formula is C31H28F6N4O8. The number of carbonyl (C=O) groups excluding carboxylic acids is 1. The van der Waals surface area contributed by atoms with Gasteiger partial charge in [0.15, 0.2) is 0 Å². The number of carbonyl (C=O) groups is 3. The monoisotopic (exact) mass is 698 g/mol. The number of aliphatic carboxylic acids is 2. The molecule has 12 nitrogen and oxygen atoms in total. The first kappa shape index (κ1) is 37.6. The lowest BCUT2D eigenvalue weighted by Gasteiger charge is -2.25. The molecule has 0 spiro atoms. The summed E-state index contributed by atoms with van der Waals surface area (Å²) in [5.74, 6) is -3.84. The van der Waals surface area contributed by atoms with Gasteiger partial charge in [0.05, 0.1) is 31.5 Å². The van der Waals surface area contributed by atoms with E-state index in [4.69, 9.17) is 34.0 Å². The van der Waals surface area contributed by atoms with Crippen molar-refractivity contribution in [3.8, 4) is 28.4 Å². The van der Waals surface area contributed by atoms with Gasteiger partial charge in [-0.25, -0.2) is 9.59 Å². The van der Waals surface area contributed by atoms with E-state index in [2.05, 4.69) is 20.5 Å². The second-order valence-electron chi connectivity index (χ2n) is 9.90. The Morgan fingerprint density at radius 3 is 2.24 bits per heavy atom. The van der Waals surface area contributed by atoms with Crippen molar-refractivity contribution < 1.29 is 65.1 Å². The van der Waals surface area contributed by atoms with Crippen molar-refractivity contribution in [1.29, 1.82) is 0 Å². The molecule has 18 heteroatoms. The molecule has 2 aromatic carbocycles. The number of aromatic amines is 1. The van der Waals surface area contributed by atoms with Crippen LogP contribution in [0.3, 0.4) is 0 Å². The molecule has 0 aliphatic carbocycles. The highest BCUT2D eigenvalue weighted by Gasteiger charge is 2.39. The summed E-state index contributed by atoms with van der Waals surface area (Å²) < 4.78 is 80.8. The summed E-state index contributed by atoms with van der Waals surface area (Å²) in [6.45, 7) is 0.739. The van der Waals surface area contributed by atoms with Gasteiger partial charge >= 0.3 is 24.3 Å². The molecule has 0 saturated carbocycles. The number of hydrogen-bond donors (Lipinski definition) is 4. The van der Waals surface area contributed by atoms with E-state index in [0.717, 1.165) is 33.9 Å². The fourth-order valence-electron chi connectivity index (χ4n) is 4.05. The number of alkyl halides is 6. The number of hydrogen-bond acceptors (Lipinski definition) is 8. The number of aromatic nitrogens is 3. The van der Waals surface area contributed by atoms with Crippen molar-refractivity contribution in [2.75, 3.05) is 25.6 Å². The average Bonchev–Trinajstić information content (AvgIpc) is 3.60. The first-order chi connectivity index (χ1) is 23.1. The Labute approximate surface area is 273 Å². The van der Waals surface area contributed by atoms with Gasteiger partial charge < -0.3 is 29.7 Å². The third-order valence-electron chi connectivity index (χ3n) is 6.44. The zero-order chi connectivity index (χ0) is 36.2. The first-order valence-electron chi connectivity index (χ1n) is 13.9. The predicted molar refractivity (Wildman–Crippen MR) is 159 cm³/mol. The smallest absolute Gasteiger partial charge is 0.490 e. The van der Waals surface area contributed by atoms with Crippen molar-refractivity contribution in [3.05, 3.63) is 84.4 Å². The summed E-state index contributed by atoms with van der Waals surface area (Å²) in [5, 5.41) is 24.1. The van der Waals surface area contributed by atoms with Crippen molar-refractivity contribution in [2.45, 2.75) is 25.2 Å². The van der Waals surface area contributed by atoms with E-state index in [0.29, 0.717) is 37.5 Å². The molecule has 5 rings (SSSR count). The maximum absolute atomic E-state index is 13.2. The Bertz CT molecular complexity index is 1680. The van der Waals surface area contributed by atoms with Crippen LogP contribution in [0.5, 0.6) is 17.2 Å². The van der Waals surface area contributed by atoms with Crippen LogP contribution in [0.25, 0.3) is 11.1 Å². The van der Waals surface area contributed by atoms with Crippen molar-refractivity contribution in [2.24, 2.45) is 5.92 Å². The molecule has 1 unspecified atom stereocenters. The number of amides is 1. The summed E-state index contributed by atoms with van der Waals surface area (Å²) in [6.07, 6.45) is -3.62. The largest absolute Gasteiger partial charge is 0.497 e. The first-order valence-corrected chi connectivity index (χ1v) is 13.9. The maximum atomic E-state index is 13.2. The number of halogens is 6. The van der Waals surface area contributed by atoms with E-state index in [1.807, 2.05) is 60.8 Å². The Kier molecular flexibility index (Phi) is 12.9. The van der Waals surface area contributed by atoms with Gasteiger partial charge in [0.25, 0.3) is 0 Å². The minimum absolute atomic E-state index is 0.121.